The third kappa shape index (κ3) is 3.33. The molecule has 0 amide bonds. The molecule has 0 spiro atoms. The zero-order valence-electron chi connectivity index (χ0n) is 7.92. The molecule has 3 heteroatoms. The molecule has 1 heterocycles. The van der Waals surface area contributed by atoms with Gasteiger partial charge < -0.3 is 10.4 Å². The van der Waals surface area contributed by atoms with E-state index in [0.29, 0.717) is 6.04 Å². The lowest BCUT2D eigenvalue weighted by Crippen LogP contribution is -2.35. The standard InChI is InChI=1S/C9H19NOS/c1-3-9(11)5-10-8-4-7(2)12-6-8/h7-11H,3-6H2,1-2H3. The topological polar surface area (TPSA) is 32.3 Å². The van der Waals surface area contributed by atoms with Crippen LogP contribution in [0.15, 0.2) is 0 Å². The van der Waals surface area contributed by atoms with Crippen molar-refractivity contribution in [2.45, 2.75) is 44.1 Å². The molecule has 0 saturated carbocycles. The molecule has 3 unspecified atom stereocenters. The Kier molecular flexibility index (Phi) is 4.40. The average Bonchev–Trinajstić information content (AvgIpc) is 2.47. The van der Waals surface area contributed by atoms with Crippen LogP contribution in [0.1, 0.15) is 26.7 Å². The van der Waals surface area contributed by atoms with E-state index in [-0.39, 0.29) is 6.10 Å². The Labute approximate surface area is 79.1 Å². The lowest BCUT2D eigenvalue weighted by molar-refractivity contribution is 0.163. The summed E-state index contributed by atoms with van der Waals surface area (Å²) < 4.78 is 0. The van der Waals surface area contributed by atoms with Crippen LogP contribution < -0.4 is 5.32 Å². The highest BCUT2D eigenvalue weighted by atomic mass is 32.2. The van der Waals surface area contributed by atoms with Crippen molar-refractivity contribution < 1.29 is 5.11 Å². The van der Waals surface area contributed by atoms with Crippen molar-refractivity contribution in [2.24, 2.45) is 0 Å². The Morgan fingerprint density at radius 2 is 2.42 bits per heavy atom. The molecule has 1 aliphatic heterocycles. The minimum atomic E-state index is -0.161. The molecule has 1 fully saturated rings. The lowest BCUT2D eigenvalue weighted by atomic mass is 10.2. The van der Waals surface area contributed by atoms with E-state index < -0.39 is 0 Å². The van der Waals surface area contributed by atoms with Gasteiger partial charge in [-0.25, -0.2) is 0 Å². The average molecular weight is 189 g/mol. The Hall–Kier alpha value is 0.270. The first-order valence-electron chi connectivity index (χ1n) is 4.75. The zero-order chi connectivity index (χ0) is 8.97. The van der Waals surface area contributed by atoms with Crippen molar-refractivity contribution in [1.29, 1.82) is 0 Å². The minimum absolute atomic E-state index is 0.161. The largest absolute Gasteiger partial charge is 0.392 e. The van der Waals surface area contributed by atoms with E-state index in [9.17, 15) is 5.11 Å². The molecule has 0 aromatic rings. The first-order chi connectivity index (χ1) is 5.72. The van der Waals surface area contributed by atoms with E-state index in [2.05, 4.69) is 12.2 Å². The second-order valence-corrected chi connectivity index (χ2v) is 5.02. The van der Waals surface area contributed by atoms with Gasteiger partial charge in [0.15, 0.2) is 0 Å². The summed E-state index contributed by atoms with van der Waals surface area (Å²) in [5, 5.41) is 13.5. The fraction of sp³-hybridized carbons (Fsp3) is 1.00. The van der Waals surface area contributed by atoms with Crippen LogP contribution in [0.4, 0.5) is 0 Å². The van der Waals surface area contributed by atoms with E-state index >= 15 is 0 Å². The second kappa shape index (κ2) is 5.10. The van der Waals surface area contributed by atoms with Gasteiger partial charge in [0.2, 0.25) is 0 Å². The smallest absolute Gasteiger partial charge is 0.0662 e. The van der Waals surface area contributed by atoms with Gasteiger partial charge >= 0.3 is 0 Å². The van der Waals surface area contributed by atoms with Crippen LogP contribution in [0, 0.1) is 0 Å². The number of nitrogens with one attached hydrogen (secondary N) is 1. The van der Waals surface area contributed by atoms with E-state index in [1.54, 1.807) is 0 Å². The van der Waals surface area contributed by atoms with Crippen molar-refractivity contribution in [3.8, 4) is 0 Å². The van der Waals surface area contributed by atoms with Gasteiger partial charge in [-0.3, -0.25) is 0 Å². The summed E-state index contributed by atoms with van der Waals surface area (Å²) in [6.45, 7) is 5.04. The first kappa shape index (κ1) is 10.4. The summed E-state index contributed by atoms with van der Waals surface area (Å²) >= 11 is 2.02. The van der Waals surface area contributed by atoms with Crippen LogP contribution in [0.25, 0.3) is 0 Å². The molecular weight excluding hydrogens is 170 g/mol. The highest BCUT2D eigenvalue weighted by Crippen LogP contribution is 2.25. The summed E-state index contributed by atoms with van der Waals surface area (Å²) in [6, 6.07) is 0.631. The number of aliphatic hydroxyl groups excluding tert-OH is 1. The molecule has 2 N–H and O–H groups in total. The number of aliphatic hydroxyl groups is 1. The fourth-order valence-corrected chi connectivity index (χ4v) is 2.59. The first-order valence-corrected chi connectivity index (χ1v) is 5.80. The SMILES string of the molecule is CCC(O)CNC1CSC(C)C1. The maximum Gasteiger partial charge on any atom is 0.0662 e. The summed E-state index contributed by atoms with van der Waals surface area (Å²) in [4.78, 5) is 0. The molecule has 12 heavy (non-hydrogen) atoms. The van der Waals surface area contributed by atoms with Gasteiger partial charge in [0.1, 0.15) is 0 Å². The van der Waals surface area contributed by atoms with Crippen LogP contribution in [0.3, 0.4) is 0 Å². The van der Waals surface area contributed by atoms with E-state index in [1.807, 2.05) is 18.7 Å². The van der Waals surface area contributed by atoms with Crippen molar-refractivity contribution in [3.05, 3.63) is 0 Å². The Bertz CT molecular complexity index is 132. The van der Waals surface area contributed by atoms with Gasteiger partial charge in [-0.15, -0.1) is 0 Å². The number of thioether (sulfide) groups is 1. The van der Waals surface area contributed by atoms with Gasteiger partial charge in [0.05, 0.1) is 6.10 Å². The highest BCUT2D eigenvalue weighted by Gasteiger charge is 2.21. The van der Waals surface area contributed by atoms with Crippen LogP contribution >= 0.6 is 11.8 Å². The van der Waals surface area contributed by atoms with Crippen LogP contribution in [-0.2, 0) is 0 Å². The predicted molar refractivity (Wildman–Crippen MR) is 54.6 cm³/mol. The molecule has 3 atom stereocenters. The van der Waals surface area contributed by atoms with Gasteiger partial charge in [0.25, 0.3) is 0 Å². The summed E-state index contributed by atoms with van der Waals surface area (Å²) in [6.07, 6.45) is 1.94. The van der Waals surface area contributed by atoms with Crippen molar-refractivity contribution in [2.75, 3.05) is 12.3 Å². The Morgan fingerprint density at radius 1 is 1.67 bits per heavy atom. The maximum atomic E-state index is 9.31. The normalized spacial score (nSPS) is 32.2. The van der Waals surface area contributed by atoms with Crippen molar-refractivity contribution in [1.82, 2.24) is 5.32 Å². The summed E-state index contributed by atoms with van der Waals surface area (Å²) in [7, 11) is 0. The van der Waals surface area contributed by atoms with Crippen molar-refractivity contribution >= 4 is 11.8 Å². The van der Waals surface area contributed by atoms with Gasteiger partial charge in [0, 0.05) is 23.6 Å². The summed E-state index contributed by atoms with van der Waals surface area (Å²) in [5.74, 6) is 1.21. The van der Waals surface area contributed by atoms with Crippen LogP contribution in [0.5, 0.6) is 0 Å². The third-order valence-electron chi connectivity index (χ3n) is 2.31. The molecule has 0 aliphatic carbocycles. The molecule has 0 aromatic heterocycles. The number of rotatable bonds is 4. The Balaban J connectivity index is 2.07. The molecule has 1 saturated heterocycles. The minimum Gasteiger partial charge on any atom is -0.392 e. The highest BCUT2D eigenvalue weighted by molar-refractivity contribution is 8.00. The molecule has 1 aliphatic rings. The van der Waals surface area contributed by atoms with E-state index in [0.717, 1.165) is 18.2 Å². The Morgan fingerprint density at radius 3 is 2.92 bits per heavy atom. The molecular formula is C9H19NOS. The predicted octanol–water partition coefficient (Wildman–Crippen LogP) is 1.24. The molecule has 2 nitrogen and oxygen atoms in total. The van der Waals surface area contributed by atoms with E-state index in [1.165, 1.54) is 12.2 Å². The van der Waals surface area contributed by atoms with Gasteiger partial charge in [-0.05, 0) is 12.8 Å². The maximum absolute atomic E-state index is 9.31. The monoisotopic (exact) mass is 189 g/mol. The molecule has 0 bridgehead atoms. The quantitative estimate of drug-likeness (QED) is 0.698. The van der Waals surface area contributed by atoms with Crippen molar-refractivity contribution in [3.63, 3.8) is 0 Å². The zero-order valence-corrected chi connectivity index (χ0v) is 8.73. The second-order valence-electron chi connectivity index (χ2n) is 3.55. The number of hydrogen-bond donors (Lipinski definition) is 2. The molecule has 0 radical (unpaired) electrons. The third-order valence-corrected chi connectivity index (χ3v) is 3.67. The number of hydrogen-bond acceptors (Lipinski definition) is 3. The fourth-order valence-electron chi connectivity index (χ4n) is 1.41. The molecule has 1 rings (SSSR count). The summed E-state index contributed by atoms with van der Waals surface area (Å²) in [5.41, 5.74) is 0. The van der Waals surface area contributed by atoms with Gasteiger partial charge in [-0.2, -0.15) is 11.8 Å². The molecule has 72 valence electrons. The molecule has 0 aromatic carbocycles. The van der Waals surface area contributed by atoms with Crippen LogP contribution in [-0.4, -0.2) is 34.8 Å². The van der Waals surface area contributed by atoms with E-state index in [4.69, 9.17) is 0 Å². The van der Waals surface area contributed by atoms with Crippen LogP contribution in [0.2, 0.25) is 0 Å². The van der Waals surface area contributed by atoms with Gasteiger partial charge in [-0.1, -0.05) is 13.8 Å². The lowest BCUT2D eigenvalue weighted by Gasteiger charge is -2.14.